The molecule has 2 unspecified atom stereocenters. The zero-order valence-electron chi connectivity index (χ0n) is 11.5. The van der Waals surface area contributed by atoms with Crippen LogP contribution in [0.4, 0.5) is 4.39 Å². The average molecular weight is 255 g/mol. The molecule has 2 atom stereocenters. The van der Waals surface area contributed by atoms with Gasteiger partial charge in [-0.25, -0.2) is 4.39 Å². The molecule has 1 rings (SSSR count). The van der Waals surface area contributed by atoms with Gasteiger partial charge >= 0.3 is 0 Å². The number of benzene rings is 1. The molecule has 0 aliphatic heterocycles. The number of hydrogen-bond acceptors (Lipinski definition) is 3. The van der Waals surface area contributed by atoms with E-state index in [2.05, 4.69) is 5.32 Å². The van der Waals surface area contributed by atoms with Gasteiger partial charge in [0.1, 0.15) is 18.2 Å². The summed E-state index contributed by atoms with van der Waals surface area (Å²) in [7, 11) is 1.81. The molecule has 2 N–H and O–H groups in total. The maximum Gasteiger partial charge on any atom is 0.124 e. The van der Waals surface area contributed by atoms with E-state index in [0.717, 1.165) is 5.56 Å². The first-order valence-corrected chi connectivity index (χ1v) is 6.21. The summed E-state index contributed by atoms with van der Waals surface area (Å²) in [5.74, 6) is 0.314. The molecule has 3 nitrogen and oxygen atoms in total. The number of halogens is 1. The van der Waals surface area contributed by atoms with Crippen LogP contribution in [0.1, 0.15) is 38.8 Å². The highest BCUT2D eigenvalue weighted by molar-refractivity contribution is 5.36. The second kappa shape index (κ2) is 6.16. The van der Waals surface area contributed by atoms with Crippen molar-refractivity contribution in [1.82, 2.24) is 5.32 Å². The lowest BCUT2D eigenvalue weighted by atomic mass is 10.0. The van der Waals surface area contributed by atoms with Gasteiger partial charge in [-0.15, -0.1) is 0 Å². The standard InChI is InChI=1S/C14H22FNO2/c1-5-14(3,17)9-18-13-7-6-11(15)8-12(13)10(2)16-4/h6-8,10,16-17H,5,9H2,1-4H3. The molecule has 0 saturated heterocycles. The van der Waals surface area contributed by atoms with E-state index >= 15 is 0 Å². The summed E-state index contributed by atoms with van der Waals surface area (Å²) in [6, 6.07) is 4.41. The SMILES string of the molecule is CCC(C)(O)COc1ccc(F)cc1C(C)NC. The Hall–Kier alpha value is -1.13. The zero-order chi connectivity index (χ0) is 13.8. The molecule has 0 amide bonds. The minimum atomic E-state index is -0.867. The van der Waals surface area contributed by atoms with Crippen LogP contribution >= 0.6 is 0 Å². The predicted octanol–water partition coefficient (Wildman–Crippen LogP) is 2.65. The van der Waals surface area contributed by atoms with Crippen LogP contribution in [-0.2, 0) is 0 Å². The molecular formula is C14H22FNO2. The first kappa shape index (κ1) is 14.9. The highest BCUT2D eigenvalue weighted by atomic mass is 19.1. The van der Waals surface area contributed by atoms with Crippen molar-refractivity contribution < 1.29 is 14.2 Å². The Bertz CT molecular complexity index is 393. The Balaban J connectivity index is 2.88. The molecule has 0 aliphatic rings. The molecule has 102 valence electrons. The molecule has 0 aliphatic carbocycles. The highest BCUT2D eigenvalue weighted by Gasteiger charge is 2.20. The van der Waals surface area contributed by atoms with Crippen LogP contribution in [0, 0.1) is 5.82 Å². The molecule has 4 heteroatoms. The smallest absolute Gasteiger partial charge is 0.124 e. The molecular weight excluding hydrogens is 233 g/mol. The van der Waals surface area contributed by atoms with E-state index in [4.69, 9.17) is 4.74 Å². The van der Waals surface area contributed by atoms with E-state index in [-0.39, 0.29) is 18.5 Å². The van der Waals surface area contributed by atoms with Crippen LogP contribution in [-0.4, -0.2) is 24.4 Å². The van der Waals surface area contributed by atoms with Gasteiger partial charge in [0.25, 0.3) is 0 Å². The summed E-state index contributed by atoms with van der Waals surface area (Å²) in [6.45, 7) is 5.74. The monoisotopic (exact) mass is 255 g/mol. The minimum absolute atomic E-state index is 0.0118. The van der Waals surface area contributed by atoms with Crippen molar-refractivity contribution in [2.75, 3.05) is 13.7 Å². The average Bonchev–Trinajstić information content (AvgIpc) is 2.36. The number of aliphatic hydroxyl groups is 1. The van der Waals surface area contributed by atoms with Crippen molar-refractivity contribution in [2.45, 2.75) is 38.8 Å². The van der Waals surface area contributed by atoms with E-state index < -0.39 is 5.60 Å². The normalized spacial score (nSPS) is 16.1. The van der Waals surface area contributed by atoms with Gasteiger partial charge in [0, 0.05) is 11.6 Å². The quantitative estimate of drug-likeness (QED) is 0.821. The van der Waals surface area contributed by atoms with E-state index in [1.54, 1.807) is 13.0 Å². The lowest BCUT2D eigenvalue weighted by Gasteiger charge is -2.23. The molecule has 0 bridgehead atoms. The fourth-order valence-electron chi connectivity index (χ4n) is 1.48. The van der Waals surface area contributed by atoms with Crippen LogP contribution in [0.15, 0.2) is 18.2 Å². The second-order valence-corrected chi connectivity index (χ2v) is 4.83. The van der Waals surface area contributed by atoms with Crippen molar-refractivity contribution in [1.29, 1.82) is 0 Å². The number of nitrogens with one attached hydrogen (secondary N) is 1. The summed E-state index contributed by atoms with van der Waals surface area (Å²) in [6.07, 6.45) is 0.602. The minimum Gasteiger partial charge on any atom is -0.490 e. The molecule has 0 radical (unpaired) electrons. The predicted molar refractivity (Wildman–Crippen MR) is 70.3 cm³/mol. The molecule has 0 fully saturated rings. The fraction of sp³-hybridized carbons (Fsp3) is 0.571. The number of rotatable bonds is 6. The van der Waals surface area contributed by atoms with Crippen LogP contribution in [0.5, 0.6) is 5.75 Å². The molecule has 0 saturated carbocycles. The van der Waals surface area contributed by atoms with Crippen molar-refractivity contribution in [3.63, 3.8) is 0 Å². The topological polar surface area (TPSA) is 41.5 Å². The van der Waals surface area contributed by atoms with Gasteiger partial charge < -0.3 is 15.2 Å². The third-order valence-corrected chi connectivity index (χ3v) is 3.17. The van der Waals surface area contributed by atoms with Crippen molar-refractivity contribution in [3.05, 3.63) is 29.6 Å². The maximum atomic E-state index is 13.3. The second-order valence-electron chi connectivity index (χ2n) is 4.83. The zero-order valence-corrected chi connectivity index (χ0v) is 11.5. The lowest BCUT2D eigenvalue weighted by Crippen LogP contribution is -2.31. The molecule has 0 heterocycles. The van der Waals surface area contributed by atoms with Crippen molar-refractivity contribution in [2.24, 2.45) is 0 Å². The van der Waals surface area contributed by atoms with Gasteiger partial charge in [-0.1, -0.05) is 6.92 Å². The van der Waals surface area contributed by atoms with Gasteiger partial charge in [0.2, 0.25) is 0 Å². The summed E-state index contributed by atoms with van der Waals surface area (Å²) < 4.78 is 18.9. The van der Waals surface area contributed by atoms with Crippen molar-refractivity contribution in [3.8, 4) is 5.75 Å². The Morgan fingerprint density at radius 3 is 2.72 bits per heavy atom. The molecule has 0 aromatic heterocycles. The fourth-order valence-corrected chi connectivity index (χ4v) is 1.48. The highest BCUT2D eigenvalue weighted by Crippen LogP contribution is 2.27. The van der Waals surface area contributed by atoms with E-state index in [0.29, 0.717) is 12.2 Å². The number of ether oxygens (including phenoxy) is 1. The molecule has 1 aromatic rings. The summed E-state index contributed by atoms with van der Waals surface area (Å²) >= 11 is 0. The Kier molecular flexibility index (Phi) is 5.11. The largest absolute Gasteiger partial charge is 0.490 e. The Morgan fingerprint density at radius 2 is 2.17 bits per heavy atom. The Labute approximate surface area is 108 Å². The summed E-state index contributed by atoms with van der Waals surface area (Å²) in [5.41, 5.74) is -0.112. The Morgan fingerprint density at radius 1 is 1.50 bits per heavy atom. The van der Waals surface area contributed by atoms with Gasteiger partial charge in [-0.2, -0.15) is 0 Å². The first-order valence-electron chi connectivity index (χ1n) is 6.21. The lowest BCUT2D eigenvalue weighted by molar-refractivity contribution is 0.00804. The van der Waals surface area contributed by atoms with Gasteiger partial charge in [0.05, 0.1) is 5.60 Å². The third-order valence-electron chi connectivity index (χ3n) is 3.17. The third kappa shape index (κ3) is 3.96. The van der Waals surface area contributed by atoms with Crippen molar-refractivity contribution >= 4 is 0 Å². The van der Waals surface area contributed by atoms with Gasteiger partial charge in [-0.3, -0.25) is 0 Å². The first-order chi connectivity index (χ1) is 8.39. The molecule has 0 spiro atoms. The molecule has 1 aromatic carbocycles. The van der Waals surface area contributed by atoms with E-state index in [1.807, 2.05) is 20.9 Å². The van der Waals surface area contributed by atoms with Gasteiger partial charge in [-0.05, 0) is 45.5 Å². The van der Waals surface area contributed by atoms with Crippen LogP contribution in [0.2, 0.25) is 0 Å². The van der Waals surface area contributed by atoms with E-state index in [1.165, 1.54) is 12.1 Å². The maximum absolute atomic E-state index is 13.3. The van der Waals surface area contributed by atoms with Crippen LogP contribution in [0.25, 0.3) is 0 Å². The molecule has 18 heavy (non-hydrogen) atoms. The van der Waals surface area contributed by atoms with Gasteiger partial charge in [0.15, 0.2) is 0 Å². The summed E-state index contributed by atoms with van der Waals surface area (Å²) in [5, 5.41) is 13.0. The van der Waals surface area contributed by atoms with Crippen LogP contribution < -0.4 is 10.1 Å². The number of hydrogen-bond donors (Lipinski definition) is 2. The summed E-state index contributed by atoms with van der Waals surface area (Å²) in [4.78, 5) is 0. The van der Waals surface area contributed by atoms with E-state index in [9.17, 15) is 9.50 Å². The van der Waals surface area contributed by atoms with Crippen LogP contribution in [0.3, 0.4) is 0 Å².